The maximum Gasteiger partial charge on any atom is 0.180 e. The zero-order chi connectivity index (χ0) is 15.2. The number of methoxy groups -OCH3 is 1. The zero-order valence-electron chi connectivity index (χ0n) is 12.0. The van der Waals surface area contributed by atoms with Gasteiger partial charge in [0.05, 0.1) is 19.2 Å². The van der Waals surface area contributed by atoms with Crippen molar-refractivity contribution in [3.05, 3.63) is 59.7 Å². The summed E-state index contributed by atoms with van der Waals surface area (Å²) in [5.74, 6) is -0.247. The topological polar surface area (TPSA) is 42.4 Å². The molecule has 110 valence electrons. The molecule has 4 nitrogen and oxygen atoms in total. The van der Waals surface area contributed by atoms with E-state index in [4.69, 9.17) is 4.74 Å². The molecule has 5 heteroatoms. The third-order valence-electron chi connectivity index (χ3n) is 3.05. The molecular formula is C16H17FN2O2. The lowest BCUT2D eigenvalue weighted by molar-refractivity contribution is 0.0939. The van der Waals surface area contributed by atoms with E-state index in [1.54, 1.807) is 12.4 Å². The Labute approximate surface area is 123 Å². The molecule has 0 atom stereocenters. The summed E-state index contributed by atoms with van der Waals surface area (Å²) < 4.78 is 18.4. The van der Waals surface area contributed by atoms with Gasteiger partial charge in [-0.15, -0.1) is 0 Å². The highest BCUT2D eigenvalue weighted by Crippen LogP contribution is 2.20. The smallest absolute Gasteiger partial charge is 0.180 e. The maximum absolute atomic E-state index is 13.3. The van der Waals surface area contributed by atoms with Gasteiger partial charge < -0.3 is 4.74 Å². The van der Waals surface area contributed by atoms with Crippen LogP contribution in [0.25, 0.3) is 0 Å². The SMILES string of the molecule is COc1ccc(F)cc1C(=O)CN(C)Cc1cccnc1. The summed E-state index contributed by atoms with van der Waals surface area (Å²) >= 11 is 0. The Morgan fingerprint density at radius 1 is 1.38 bits per heavy atom. The number of ether oxygens (including phenoxy) is 1. The zero-order valence-corrected chi connectivity index (χ0v) is 12.0. The predicted octanol–water partition coefficient (Wildman–Crippen LogP) is 2.54. The number of rotatable bonds is 6. The van der Waals surface area contributed by atoms with E-state index in [-0.39, 0.29) is 17.9 Å². The number of halogens is 1. The number of hydrogen-bond acceptors (Lipinski definition) is 4. The van der Waals surface area contributed by atoms with Crippen LogP contribution in [-0.4, -0.2) is 36.4 Å². The quantitative estimate of drug-likeness (QED) is 0.766. The van der Waals surface area contributed by atoms with Crippen molar-refractivity contribution in [3.8, 4) is 5.75 Å². The van der Waals surface area contributed by atoms with Gasteiger partial charge in [0, 0.05) is 18.9 Å². The summed E-state index contributed by atoms with van der Waals surface area (Å²) in [7, 11) is 3.29. The number of hydrogen-bond donors (Lipinski definition) is 0. The normalized spacial score (nSPS) is 10.7. The molecule has 21 heavy (non-hydrogen) atoms. The lowest BCUT2D eigenvalue weighted by Crippen LogP contribution is -2.26. The number of ketones is 1. The van der Waals surface area contributed by atoms with Gasteiger partial charge in [-0.2, -0.15) is 0 Å². The molecule has 0 aliphatic heterocycles. The molecule has 2 aromatic rings. The van der Waals surface area contributed by atoms with Crippen LogP contribution >= 0.6 is 0 Å². The molecule has 1 aromatic heterocycles. The van der Waals surface area contributed by atoms with Crippen molar-refractivity contribution in [3.63, 3.8) is 0 Å². The number of nitrogens with zero attached hydrogens (tertiary/aromatic N) is 2. The number of carbonyl (C=O) groups excluding carboxylic acids is 1. The molecular weight excluding hydrogens is 271 g/mol. The van der Waals surface area contributed by atoms with Gasteiger partial charge >= 0.3 is 0 Å². The van der Waals surface area contributed by atoms with E-state index in [0.717, 1.165) is 5.56 Å². The Morgan fingerprint density at radius 2 is 2.19 bits per heavy atom. The monoisotopic (exact) mass is 288 g/mol. The predicted molar refractivity (Wildman–Crippen MR) is 77.9 cm³/mol. The fourth-order valence-electron chi connectivity index (χ4n) is 2.09. The Morgan fingerprint density at radius 3 is 2.86 bits per heavy atom. The van der Waals surface area contributed by atoms with Crippen LogP contribution in [0.15, 0.2) is 42.7 Å². The minimum Gasteiger partial charge on any atom is -0.496 e. The number of likely N-dealkylation sites (N-methyl/N-ethyl adjacent to an activating group) is 1. The van der Waals surface area contributed by atoms with Gasteiger partial charge in [-0.05, 0) is 36.9 Å². The van der Waals surface area contributed by atoms with E-state index >= 15 is 0 Å². The first kappa shape index (κ1) is 15.1. The van der Waals surface area contributed by atoms with Crippen LogP contribution in [0, 0.1) is 5.82 Å². The van der Waals surface area contributed by atoms with E-state index in [1.165, 1.54) is 25.3 Å². The van der Waals surface area contributed by atoms with E-state index in [1.807, 2.05) is 24.1 Å². The summed E-state index contributed by atoms with van der Waals surface area (Å²) in [6.45, 7) is 0.770. The third kappa shape index (κ3) is 4.10. The fourth-order valence-corrected chi connectivity index (χ4v) is 2.09. The molecule has 0 aliphatic carbocycles. The molecule has 0 saturated heterocycles. The minimum atomic E-state index is -0.450. The minimum absolute atomic E-state index is 0.175. The lowest BCUT2D eigenvalue weighted by atomic mass is 10.1. The van der Waals surface area contributed by atoms with Crippen molar-refractivity contribution in [2.45, 2.75) is 6.54 Å². The molecule has 0 aliphatic rings. The fraction of sp³-hybridized carbons (Fsp3) is 0.250. The lowest BCUT2D eigenvalue weighted by Gasteiger charge is -2.16. The molecule has 1 aromatic carbocycles. The summed E-state index contributed by atoms with van der Waals surface area (Å²) in [6.07, 6.45) is 3.45. The molecule has 0 N–H and O–H groups in total. The number of aromatic nitrogens is 1. The van der Waals surface area contributed by atoms with E-state index in [9.17, 15) is 9.18 Å². The van der Waals surface area contributed by atoms with Crippen LogP contribution in [0.3, 0.4) is 0 Å². The average molecular weight is 288 g/mol. The highest BCUT2D eigenvalue weighted by molar-refractivity contribution is 6.00. The van der Waals surface area contributed by atoms with Gasteiger partial charge in [0.15, 0.2) is 5.78 Å². The molecule has 0 radical (unpaired) electrons. The first-order valence-corrected chi connectivity index (χ1v) is 6.54. The standard InChI is InChI=1S/C16H17FN2O2/c1-19(10-12-4-3-7-18-9-12)11-15(20)14-8-13(17)5-6-16(14)21-2/h3-9H,10-11H2,1-2H3. The highest BCUT2D eigenvalue weighted by atomic mass is 19.1. The van der Waals surface area contributed by atoms with Crippen molar-refractivity contribution >= 4 is 5.78 Å². The van der Waals surface area contributed by atoms with Crippen molar-refractivity contribution in [2.24, 2.45) is 0 Å². The van der Waals surface area contributed by atoms with Gasteiger partial charge in [-0.3, -0.25) is 14.7 Å². The van der Waals surface area contributed by atoms with E-state index in [0.29, 0.717) is 12.3 Å². The van der Waals surface area contributed by atoms with Gasteiger partial charge in [0.1, 0.15) is 11.6 Å². The second-order valence-electron chi connectivity index (χ2n) is 4.80. The second-order valence-corrected chi connectivity index (χ2v) is 4.80. The Hall–Kier alpha value is -2.27. The van der Waals surface area contributed by atoms with Crippen LogP contribution in [-0.2, 0) is 6.54 Å². The summed E-state index contributed by atoms with van der Waals surface area (Å²) in [5.41, 5.74) is 1.27. The van der Waals surface area contributed by atoms with Crippen LogP contribution < -0.4 is 4.74 Å². The Bertz CT molecular complexity index is 617. The molecule has 2 rings (SSSR count). The van der Waals surface area contributed by atoms with Gasteiger partial charge in [-0.25, -0.2) is 4.39 Å². The maximum atomic E-state index is 13.3. The summed E-state index contributed by atoms with van der Waals surface area (Å²) in [5, 5.41) is 0. The van der Waals surface area contributed by atoms with Crippen molar-refractivity contribution in [1.82, 2.24) is 9.88 Å². The van der Waals surface area contributed by atoms with Crippen LogP contribution in [0.4, 0.5) is 4.39 Å². The van der Waals surface area contributed by atoms with Gasteiger partial charge in [0.25, 0.3) is 0 Å². The van der Waals surface area contributed by atoms with Crippen molar-refractivity contribution in [1.29, 1.82) is 0 Å². The molecule has 0 unspecified atom stereocenters. The molecule has 0 fully saturated rings. The summed E-state index contributed by atoms with van der Waals surface area (Å²) in [6, 6.07) is 7.73. The molecule has 0 saturated carbocycles. The van der Waals surface area contributed by atoms with E-state index < -0.39 is 5.82 Å². The molecule has 0 spiro atoms. The number of carbonyl (C=O) groups is 1. The number of Topliss-reactive ketones (excluding diaryl/α,β-unsaturated/α-hetero) is 1. The molecule has 0 bridgehead atoms. The molecule has 1 heterocycles. The first-order valence-electron chi connectivity index (χ1n) is 6.54. The van der Waals surface area contributed by atoms with Crippen LogP contribution in [0.5, 0.6) is 5.75 Å². The Balaban J connectivity index is 2.06. The third-order valence-corrected chi connectivity index (χ3v) is 3.05. The first-order chi connectivity index (χ1) is 10.1. The second kappa shape index (κ2) is 6.95. The Kier molecular flexibility index (Phi) is 5.00. The van der Waals surface area contributed by atoms with Crippen LogP contribution in [0.1, 0.15) is 15.9 Å². The molecule has 0 amide bonds. The van der Waals surface area contributed by atoms with Crippen molar-refractivity contribution < 1.29 is 13.9 Å². The van der Waals surface area contributed by atoms with Crippen molar-refractivity contribution in [2.75, 3.05) is 20.7 Å². The largest absolute Gasteiger partial charge is 0.496 e. The summed E-state index contributed by atoms with van der Waals surface area (Å²) in [4.78, 5) is 18.2. The van der Waals surface area contributed by atoms with Crippen LogP contribution in [0.2, 0.25) is 0 Å². The number of benzene rings is 1. The van der Waals surface area contributed by atoms with E-state index in [2.05, 4.69) is 4.98 Å². The van der Waals surface area contributed by atoms with Gasteiger partial charge in [0.2, 0.25) is 0 Å². The number of pyridine rings is 1. The highest BCUT2D eigenvalue weighted by Gasteiger charge is 2.15. The van der Waals surface area contributed by atoms with Gasteiger partial charge in [-0.1, -0.05) is 6.07 Å². The average Bonchev–Trinajstić information content (AvgIpc) is 2.48.